The molecule has 4 aromatic rings. The average molecular weight is 445 g/mol. The van der Waals surface area contributed by atoms with Crippen LogP contribution in [-0.2, 0) is 0 Å². The number of hydrogen-bond donors (Lipinski definition) is 0. The Morgan fingerprint density at radius 1 is 0.441 bits per heavy atom. The van der Waals surface area contributed by atoms with Crippen LogP contribution < -0.4 is 0 Å². The van der Waals surface area contributed by atoms with Crippen LogP contribution in [0.5, 0.6) is 0 Å². The maximum absolute atomic E-state index is 13.8. The summed E-state index contributed by atoms with van der Waals surface area (Å²) in [6.45, 7) is 8.65. The maximum atomic E-state index is 13.8. The van der Waals surface area contributed by atoms with Crippen molar-refractivity contribution in [1.29, 1.82) is 0 Å². The molecule has 0 saturated carbocycles. The van der Waals surface area contributed by atoms with Crippen molar-refractivity contribution < 1.29 is 9.59 Å². The van der Waals surface area contributed by atoms with E-state index in [-0.39, 0.29) is 11.6 Å². The highest BCUT2D eigenvalue weighted by Crippen LogP contribution is 2.40. The van der Waals surface area contributed by atoms with Crippen molar-refractivity contribution in [2.45, 2.75) is 39.5 Å². The van der Waals surface area contributed by atoms with Crippen LogP contribution in [0, 0.1) is 0 Å². The van der Waals surface area contributed by atoms with E-state index in [0.29, 0.717) is 34.1 Å². The second-order valence-electron chi connectivity index (χ2n) is 9.67. The molecule has 0 fully saturated rings. The molecule has 4 aromatic carbocycles. The van der Waals surface area contributed by atoms with Crippen LogP contribution in [-0.4, -0.2) is 11.6 Å². The van der Waals surface area contributed by atoms with Crippen molar-refractivity contribution >= 4 is 11.6 Å². The number of carbonyl (C=O) groups is 2. The minimum Gasteiger partial charge on any atom is -0.289 e. The summed E-state index contributed by atoms with van der Waals surface area (Å²) in [4.78, 5) is 27.6. The molecule has 0 bridgehead atoms. The fourth-order valence-electron chi connectivity index (χ4n) is 4.80. The summed E-state index contributed by atoms with van der Waals surface area (Å²) in [5.41, 5.74) is 7.96. The molecular weight excluding hydrogens is 416 g/mol. The van der Waals surface area contributed by atoms with E-state index >= 15 is 0 Å². The van der Waals surface area contributed by atoms with Crippen LogP contribution in [0.15, 0.2) is 84.9 Å². The third-order valence-electron chi connectivity index (χ3n) is 6.85. The van der Waals surface area contributed by atoms with Crippen LogP contribution in [0.1, 0.15) is 82.5 Å². The first-order chi connectivity index (χ1) is 16.4. The molecule has 0 atom stereocenters. The van der Waals surface area contributed by atoms with Gasteiger partial charge < -0.3 is 0 Å². The molecular formula is C32H28O2. The van der Waals surface area contributed by atoms with Crippen molar-refractivity contribution in [1.82, 2.24) is 0 Å². The van der Waals surface area contributed by atoms with Gasteiger partial charge in [-0.1, -0.05) is 113 Å². The van der Waals surface area contributed by atoms with Crippen LogP contribution in [0.3, 0.4) is 0 Å². The van der Waals surface area contributed by atoms with Gasteiger partial charge in [-0.2, -0.15) is 0 Å². The molecule has 1 aliphatic carbocycles. The van der Waals surface area contributed by atoms with Crippen LogP contribution in [0.25, 0.3) is 22.3 Å². The predicted molar refractivity (Wildman–Crippen MR) is 139 cm³/mol. The van der Waals surface area contributed by atoms with E-state index in [1.165, 1.54) is 11.1 Å². The molecule has 2 heteroatoms. The minimum absolute atomic E-state index is 0.0891. The topological polar surface area (TPSA) is 34.1 Å². The molecule has 0 N–H and O–H groups in total. The summed E-state index contributed by atoms with van der Waals surface area (Å²) in [7, 11) is 0. The molecule has 168 valence electrons. The Morgan fingerprint density at radius 2 is 0.794 bits per heavy atom. The van der Waals surface area contributed by atoms with E-state index in [1.54, 1.807) is 12.1 Å². The minimum atomic E-state index is -0.0891. The van der Waals surface area contributed by atoms with Crippen LogP contribution in [0.4, 0.5) is 0 Å². The highest BCUT2D eigenvalue weighted by atomic mass is 16.1. The quantitative estimate of drug-likeness (QED) is 0.281. The molecule has 0 amide bonds. The Labute approximate surface area is 201 Å². The summed E-state index contributed by atoms with van der Waals surface area (Å²) >= 11 is 0. The summed E-state index contributed by atoms with van der Waals surface area (Å²) in [6, 6.07) is 27.8. The van der Waals surface area contributed by atoms with Gasteiger partial charge in [0.15, 0.2) is 11.6 Å². The number of fused-ring (bicyclic) bond motifs is 2. The first kappa shape index (κ1) is 22.0. The number of rotatable bonds is 4. The van der Waals surface area contributed by atoms with Gasteiger partial charge in [-0.15, -0.1) is 0 Å². The molecule has 0 heterocycles. The zero-order valence-electron chi connectivity index (χ0n) is 20.1. The summed E-state index contributed by atoms with van der Waals surface area (Å²) in [5, 5.41) is 0. The predicted octanol–water partition coefficient (Wildman–Crippen LogP) is 8.04. The lowest BCUT2D eigenvalue weighted by Gasteiger charge is -2.23. The second-order valence-corrected chi connectivity index (χ2v) is 9.67. The molecule has 0 saturated heterocycles. The van der Waals surface area contributed by atoms with Gasteiger partial charge in [0.2, 0.25) is 0 Å². The third-order valence-corrected chi connectivity index (χ3v) is 6.85. The monoisotopic (exact) mass is 444 g/mol. The fourth-order valence-corrected chi connectivity index (χ4v) is 4.80. The van der Waals surface area contributed by atoms with Gasteiger partial charge in [-0.3, -0.25) is 9.59 Å². The Hall–Kier alpha value is -3.78. The average Bonchev–Trinajstić information content (AvgIpc) is 2.86. The highest BCUT2D eigenvalue weighted by Gasteiger charge is 2.34. The van der Waals surface area contributed by atoms with Gasteiger partial charge in [-0.25, -0.2) is 0 Å². The van der Waals surface area contributed by atoms with E-state index < -0.39 is 0 Å². The van der Waals surface area contributed by atoms with E-state index in [4.69, 9.17) is 0 Å². The molecule has 0 radical (unpaired) electrons. The Morgan fingerprint density at radius 3 is 1.12 bits per heavy atom. The van der Waals surface area contributed by atoms with Gasteiger partial charge in [0.1, 0.15) is 0 Å². The normalized spacial score (nSPS) is 12.8. The van der Waals surface area contributed by atoms with Crippen molar-refractivity contribution in [2.75, 3.05) is 0 Å². The molecule has 1 aliphatic rings. The Balaban J connectivity index is 1.75. The lowest BCUT2D eigenvalue weighted by atomic mass is 9.77. The zero-order valence-corrected chi connectivity index (χ0v) is 20.1. The summed E-state index contributed by atoms with van der Waals surface area (Å²) < 4.78 is 0. The van der Waals surface area contributed by atoms with Crippen LogP contribution in [0.2, 0.25) is 0 Å². The SMILES string of the molecule is CC(C)c1ccc(-c2ccc(-c3ccc(C(C)C)cc3)c3c2C(=O)c2ccccc2C3=O)cc1. The molecule has 0 aromatic heterocycles. The fraction of sp³-hybridized carbons (Fsp3) is 0.188. The molecule has 34 heavy (non-hydrogen) atoms. The third kappa shape index (κ3) is 3.60. The Kier molecular flexibility index (Phi) is 5.53. The van der Waals surface area contributed by atoms with Crippen LogP contribution >= 0.6 is 0 Å². The molecule has 0 spiro atoms. The lowest BCUT2D eigenvalue weighted by Crippen LogP contribution is -2.22. The van der Waals surface area contributed by atoms with E-state index in [9.17, 15) is 9.59 Å². The number of ketones is 2. The second kappa shape index (κ2) is 8.53. The summed E-state index contributed by atoms with van der Waals surface area (Å²) in [6.07, 6.45) is 0. The first-order valence-electron chi connectivity index (χ1n) is 11.9. The van der Waals surface area contributed by atoms with Gasteiger partial charge >= 0.3 is 0 Å². The van der Waals surface area contributed by atoms with Crippen molar-refractivity contribution in [3.63, 3.8) is 0 Å². The van der Waals surface area contributed by atoms with Gasteiger partial charge in [-0.05, 0) is 45.2 Å². The van der Waals surface area contributed by atoms with Gasteiger partial charge in [0.05, 0.1) is 0 Å². The van der Waals surface area contributed by atoms with Crippen molar-refractivity contribution in [2.24, 2.45) is 0 Å². The number of benzene rings is 4. The number of carbonyl (C=O) groups excluding carboxylic acids is 2. The standard InChI is InChI=1S/C32H28O2/c1-19(2)21-9-13-23(14-10-21)25-17-18-26(24-15-11-22(12-16-24)20(3)4)30-29(25)31(33)27-7-5-6-8-28(27)32(30)34/h5-20H,1-4H3. The van der Waals surface area contributed by atoms with Crippen molar-refractivity contribution in [3.8, 4) is 22.3 Å². The summed E-state index contributed by atoms with van der Waals surface area (Å²) in [5.74, 6) is 0.672. The first-order valence-corrected chi connectivity index (χ1v) is 11.9. The smallest absolute Gasteiger partial charge is 0.195 e. The molecule has 0 aliphatic heterocycles. The molecule has 2 nitrogen and oxygen atoms in total. The lowest BCUT2D eigenvalue weighted by molar-refractivity contribution is 0.0980. The van der Waals surface area contributed by atoms with Crippen molar-refractivity contribution in [3.05, 3.63) is 118 Å². The van der Waals surface area contributed by atoms with E-state index in [0.717, 1.165) is 22.3 Å². The van der Waals surface area contributed by atoms with E-state index in [2.05, 4.69) is 76.2 Å². The zero-order chi connectivity index (χ0) is 24.0. The Bertz CT molecular complexity index is 1300. The number of hydrogen-bond acceptors (Lipinski definition) is 2. The van der Waals surface area contributed by atoms with E-state index in [1.807, 2.05) is 24.3 Å². The molecule has 0 unspecified atom stereocenters. The highest BCUT2D eigenvalue weighted by molar-refractivity contribution is 6.32. The largest absolute Gasteiger partial charge is 0.289 e. The van der Waals surface area contributed by atoms with Gasteiger partial charge in [0.25, 0.3) is 0 Å². The van der Waals surface area contributed by atoms with Gasteiger partial charge in [0, 0.05) is 22.3 Å². The maximum Gasteiger partial charge on any atom is 0.195 e. The molecule has 5 rings (SSSR count).